The Balaban J connectivity index is 2.80. The Bertz CT molecular complexity index is 553. The molecule has 0 spiro atoms. The van der Waals surface area contributed by atoms with Crippen LogP contribution in [0.4, 0.5) is 0 Å². The van der Waals surface area contributed by atoms with E-state index in [-0.39, 0.29) is 11.5 Å². The highest BCUT2D eigenvalue weighted by molar-refractivity contribution is 6.32. The number of ether oxygens (including phenoxy) is 1. The van der Waals surface area contributed by atoms with Gasteiger partial charge in [-0.2, -0.15) is 5.26 Å². The van der Waals surface area contributed by atoms with Crippen LogP contribution in [0.25, 0.3) is 0 Å². The summed E-state index contributed by atoms with van der Waals surface area (Å²) in [5.41, 5.74) is 3.45. The van der Waals surface area contributed by atoms with Crippen molar-refractivity contribution in [2.75, 3.05) is 0 Å². The summed E-state index contributed by atoms with van der Waals surface area (Å²) < 4.78 is 6.06. The molecule has 0 atom stereocenters. The van der Waals surface area contributed by atoms with Gasteiger partial charge in [0.15, 0.2) is 0 Å². The first-order valence-corrected chi connectivity index (χ1v) is 6.60. The summed E-state index contributed by atoms with van der Waals surface area (Å²) >= 11 is 6.34. The minimum Gasteiger partial charge on any atom is -0.487 e. The van der Waals surface area contributed by atoms with Crippen molar-refractivity contribution in [2.45, 2.75) is 52.6 Å². The van der Waals surface area contributed by atoms with Crippen molar-refractivity contribution in [1.29, 1.82) is 5.26 Å². The molecule has 0 amide bonds. The number of halogens is 1. The van der Waals surface area contributed by atoms with Gasteiger partial charge in [-0.3, -0.25) is 0 Å². The van der Waals surface area contributed by atoms with Crippen LogP contribution in [0.2, 0.25) is 5.02 Å². The van der Waals surface area contributed by atoms with Gasteiger partial charge >= 0.3 is 0 Å². The van der Waals surface area contributed by atoms with Crippen LogP contribution < -0.4 is 4.74 Å². The second-order valence-corrected chi connectivity index (χ2v) is 6.22. The average Bonchev–Trinajstić information content (AvgIpc) is 2.58. The van der Waals surface area contributed by atoms with E-state index in [1.54, 1.807) is 0 Å². The lowest BCUT2D eigenvalue weighted by molar-refractivity contribution is 0.137. The number of benzene rings is 1. The summed E-state index contributed by atoms with van der Waals surface area (Å²) in [5, 5.41) is 9.93. The number of nitriles is 1. The Labute approximate surface area is 114 Å². The number of rotatable bonds is 1. The number of nitrogens with zero attached hydrogens (tertiary/aromatic N) is 1. The molecule has 0 N–H and O–H groups in total. The van der Waals surface area contributed by atoms with Crippen molar-refractivity contribution >= 4 is 11.6 Å². The highest BCUT2D eigenvalue weighted by atomic mass is 35.5. The van der Waals surface area contributed by atoms with E-state index in [1.165, 1.54) is 0 Å². The van der Waals surface area contributed by atoms with Crippen LogP contribution in [0.1, 0.15) is 55.9 Å². The maximum atomic E-state index is 9.34. The molecular weight excluding hydrogens is 246 g/mol. The Morgan fingerprint density at radius 3 is 2.50 bits per heavy atom. The summed E-state index contributed by atoms with van der Waals surface area (Å²) in [5.74, 6) is 1.11. The molecule has 0 saturated heterocycles. The summed E-state index contributed by atoms with van der Waals surface area (Å²) in [6, 6.07) is 2.23. The molecule has 0 saturated carbocycles. The molecule has 1 aromatic rings. The van der Waals surface area contributed by atoms with Crippen molar-refractivity contribution in [2.24, 2.45) is 0 Å². The van der Waals surface area contributed by atoms with E-state index in [1.807, 2.05) is 6.92 Å². The molecular formula is C15H18ClNO. The van der Waals surface area contributed by atoms with Crippen LogP contribution in [0.5, 0.6) is 5.75 Å². The second kappa shape index (κ2) is 4.17. The third kappa shape index (κ3) is 1.87. The standard InChI is InChI=1S/C15H18ClNO/c1-8(2)12-11(7-17)13(16)9(3)10-6-15(4,5)18-14(10)12/h8H,6H2,1-5H3. The van der Waals surface area contributed by atoms with Crippen molar-refractivity contribution in [1.82, 2.24) is 0 Å². The third-order valence-corrected chi connectivity index (χ3v) is 3.93. The van der Waals surface area contributed by atoms with E-state index in [0.29, 0.717) is 10.6 Å². The summed E-state index contributed by atoms with van der Waals surface area (Å²) in [7, 11) is 0. The molecule has 2 rings (SSSR count). The molecule has 0 unspecified atom stereocenters. The van der Waals surface area contributed by atoms with Crippen LogP contribution in [-0.4, -0.2) is 5.60 Å². The number of hydrogen-bond acceptors (Lipinski definition) is 2. The molecule has 1 heterocycles. The van der Waals surface area contributed by atoms with Gasteiger partial charge in [-0.25, -0.2) is 0 Å². The topological polar surface area (TPSA) is 33.0 Å². The van der Waals surface area contributed by atoms with E-state index < -0.39 is 0 Å². The van der Waals surface area contributed by atoms with E-state index >= 15 is 0 Å². The Morgan fingerprint density at radius 2 is 2.00 bits per heavy atom. The van der Waals surface area contributed by atoms with E-state index in [0.717, 1.165) is 28.9 Å². The molecule has 0 aromatic heterocycles. The predicted octanol–water partition coefficient (Wildman–Crippen LogP) is 4.36. The highest BCUT2D eigenvalue weighted by Crippen LogP contribution is 2.46. The van der Waals surface area contributed by atoms with Gasteiger partial charge < -0.3 is 4.74 Å². The molecule has 1 aliphatic rings. The highest BCUT2D eigenvalue weighted by Gasteiger charge is 2.36. The third-order valence-electron chi connectivity index (χ3n) is 3.46. The maximum Gasteiger partial charge on any atom is 0.128 e. The van der Waals surface area contributed by atoms with Crippen LogP contribution >= 0.6 is 11.6 Å². The van der Waals surface area contributed by atoms with Gasteiger partial charge in [-0.1, -0.05) is 25.4 Å². The van der Waals surface area contributed by atoms with Gasteiger partial charge in [0.1, 0.15) is 17.4 Å². The van der Waals surface area contributed by atoms with Crippen LogP contribution in [-0.2, 0) is 6.42 Å². The average molecular weight is 264 g/mol. The van der Waals surface area contributed by atoms with Gasteiger partial charge in [0.25, 0.3) is 0 Å². The zero-order valence-corrected chi connectivity index (χ0v) is 12.3. The summed E-state index contributed by atoms with van der Waals surface area (Å²) in [4.78, 5) is 0. The molecule has 1 aromatic carbocycles. The molecule has 0 bridgehead atoms. The molecule has 1 aliphatic heterocycles. The van der Waals surface area contributed by atoms with Gasteiger partial charge in [0.2, 0.25) is 0 Å². The molecule has 0 aliphatic carbocycles. The smallest absolute Gasteiger partial charge is 0.128 e. The first-order chi connectivity index (χ1) is 8.28. The SMILES string of the molecule is Cc1c(Cl)c(C#N)c(C(C)C)c2c1CC(C)(C)O2. The lowest BCUT2D eigenvalue weighted by atomic mass is 9.89. The second-order valence-electron chi connectivity index (χ2n) is 5.84. The lowest BCUT2D eigenvalue weighted by Gasteiger charge is -2.20. The predicted molar refractivity (Wildman–Crippen MR) is 73.4 cm³/mol. The largest absolute Gasteiger partial charge is 0.487 e. The monoisotopic (exact) mass is 263 g/mol. The molecule has 0 radical (unpaired) electrons. The molecule has 2 nitrogen and oxygen atoms in total. The normalized spacial score (nSPS) is 16.3. The minimum atomic E-state index is -0.214. The van der Waals surface area contributed by atoms with E-state index in [4.69, 9.17) is 16.3 Å². The van der Waals surface area contributed by atoms with Crippen LogP contribution in [0.3, 0.4) is 0 Å². The van der Waals surface area contributed by atoms with Gasteiger partial charge in [-0.15, -0.1) is 0 Å². The summed E-state index contributed by atoms with van der Waals surface area (Å²) in [6.45, 7) is 10.2. The van der Waals surface area contributed by atoms with E-state index in [2.05, 4.69) is 33.8 Å². The first kappa shape index (κ1) is 13.2. The Hall–Kier alpha value is -1.20. The maximum absolute atomic E-state index is 9.34. The van der Waals surface area contributed by atoms with Crippen LogP contribution in [0.15, 0.2) is 0 Å². The summed E-state index contributed by atoms with van der Waals surface area (Å²) in [6.07, 6.45) is 0.847. The van der Waals surface area contributed by atoms with Crippen LogP contribution in [0, 0.1) is 18.3 Å². The van der Waals surface area contributed by atoms with E-state index in [9.17, 15) is 5.26 Å². The quantitative estimate of drug-likeness (QED) is 0.754. The van der Waals surface area contributed by atoms with Crippen molar-refractivity contribution < 1.29 is 4.74 Å². The Morgan fingerprint density at radius 1 is 1.39 bits per heavy atom. The molecule has 18 heavy (non-hydrogen) atoms. The molecule has 3 heteroatoms. The van der Waals surface area contributed by atoms with Crippen molar-refractivity contribution in [3.63, 3.8) is 0 Å². The molecule has 96 valence electrons. The first-order valence-electron chi connectivity index (χ1n) is 6.22. The Kier molecular flexibility index (Phi) is 3.07. The van der Waals surface area contributed by atoms with Crippen molar-refractivity contribution in [3.8, 4) is 11.8 Å². The van der Waals surface area contributed by atoms with Gasteiger partial charge in [-0.05, 0) is 32.3 Å². The molecule has 0 fully saturated rings. The zero-order chi connectivity index (χ0) is 13.7. The van der Waals surface area contributed by atoms with Crippen molar-refractivity contribution in [3.05, 3.63) is 27.3 Å². The lowest BCUT2D eigenvalue weighted by Crippen LogP contribution is -2.25. The van der Waals surface area contributed by atoms with Gasteiger partial charge in [0.05, 0.1) is 10.6 Å². The minimum absolute atomic E-state index is 0.214. The number of fused-ring (bicyclic) bond motifs is 1. The fourth-order valence-corrected chi connectivity index (χ4v) is 2.87. The zero-order valence-electron chi connectivity index (χ0n) is 11.5. The fourth-order valence-electron chi connectivity index (χ4n) is 2.61. The number of hydrogen-bond donors (Lipinski definition) is 0. The fraction of sp³-hybridized carbons (Fsp3) is 0.533. The van der Waals surface area contributed by atoms with Gasteiger partial charge in [0, 0.05) is 17.5 Å².